The van der Waals surface area contributed by atoms with Crippen molar-refractivity contribution >= 4 is 46.7 Å². The van der Waals surface area contributed by atoms with Crippen molar-refractivity contribution < 1.29 is 4.79 Å². The van der Waals surface area contributed by atoms with E-state index in [0.29, 0.717) is 12.5 Å². The highest BCUT2D eigenvalue weighted by molar-refractivity contribution is 6.76. The number of hydrogen-bond acceptors (Lipinski definition) is 5. The van der Waals surface area contributed by atoms with Crippen LogP contribution in [-0.4, -0.2) is 44.9 Å². The third kappa shape index (κ3) is 2.33. The largest absolute Gasteiger partial charge is 0.363 e. The van der Waals surface area contributed by atoms with Gasteiger partial charge in [0.15, 0.2) is 5.66 Å². The summed E-state index contributed by atoms with van der Waals surface area (Å²) < 4.78 is -2.04. The van der Waals surface area contributed by atoms with Crippen LogP contribution in [0.5, 0.6) is 0 Å². The first-order valence-electron chi connectivity index (χ1n) is 6.93. The zero-order valence-corrected chi connectivity index (χ0v) is 14.1. The Morgan fingerprint density at radius 1 is 1.64 bits per heavy atom. The van der Waals surface area contributed by atoms with Gasteiger partial charge in [0.25, 0.3) is 9.70 Å². The molecule has 9 heteroatoms. The van der Waals surface area contributed by atoms with E-state index in [2.05, 4.69) is 33.6 Å². The van der Waals surface area contributed by atoms with Crippen molar-refractivity contribution in [2.45, 2.75) is 34.9 Å². The molecule has 3 heterocycles. The van der Waals surface area contributed by atoms with Gasteiger partial charge in [0.05, 0.1) is 17.9 Å². The van der Waals surface area contributed by atoms with Crippen LogP contribution < -0.4 is 16.0 Å². The Morgan fingerprint density at radius 2 is 2.36 bits per heavy atom. The van der Waals surface area contributed by atoms with Crippen molar-refractivity contribution in [3.05, 3.63) is 24.6 Å². The van der Waals surface area contributed by atoms with Crippen LogP contribution in [0, 0.1) is 0 Å². The van der Waals surface area contributed by atoms with Crippen LogP contribution in [0.1, 0.15) is 13.3 Å². The second-order valence-electron chi connectivity index (χ2n) is 5.44. The lowest BCUT2D eigenvalue weighted by molar-refractivity contribution is -0.119. The van der Waals surface area contributed by atoms with Gasteiger partial charge in [-0.2, -0.15) is 0 Å². The van der Waals surface area contributed by atoms with E-state index in [-0.39, 0.29) is 12.1 Å². The van der Waals surface area contributed by atoms with E-state index in [9.17, 15) is 4.79 Å². The quantitative estimate of drug-likeness (QED) is 0.483. The Labute approximate surface area is 143 Å². The maximum atomic E-state index is 12.0. The Morgan fingerprint density at radius 3 is 3.00 bits per heavy atom. The number of carbonyl (C=O) groups is 1. The van der Waals surface area contributed by atoms with E-state index in [0.717, 1.165) is 12.2 Å². The number of carbonyl (C=O) groups excluding carboxylic acids is 1. The summed E-state index contributed by atoms with van der Waals surface area (Å²) in [6.07, 6.45) is 4.86. The number of rotatable bonds is 1. The van der Waals surface area contributed by atoms with Gasteiger partial charge in [0.2, 0.25) is 5.96 Å². The molecule has 3 N–H and O–H groups in total. The van der Waals surface area contributed by atoms with Crippen molar-refractivity contribution in [1.29, 1.82) is 0 Å². The monoisotopic (exact) mass is 363 g/mol. The maximum absolute atomic E-state index is 12.0. The van der Waals surface area contributed by atoms with Crippen LogP contribution in [-0.2, 0) is 4.79 Å². The molecule has 0 unspecified atom stereocenters. The second-order valence-corrected chi connectivity index (χ2v) is 7.73. The number of nitrogens with zero attached hydrogens (tertiary/aromatic N) is 2. The van der Waals surface area contributed by atoms with E-state index >= 15 is 0 Å². The fourth-order valence-electron chi connectivity index (χ4n) is 3.16. The van der Waals surface area contributed by atoms with Gasteiger partial charge in [-0.25, -0.2) is 4.99 Å². The summed E-state index contributed by atoms with van der Waals surface area (Å²) in [6.45, 7) is 6.57. The summed E-state index contributed by atoms with van der Waals surface area (Å²) in [6, 6.07) is -0.0198. The molecule has 0 aromatic carbocycles. The fraction of sp³-hybridized carbons (Fsp3) is 0.538. The van der Waals surface area contributed by atoms with Crippen molar-refractivity contribution in [2.75, 3.05) is 6.54 Å². The smallest absolute Gasteiger partial charge is 0.278 e. The molecule has 3 atom stereocenters. The van der Waals surface area contributed by atoms with E-state index in [1.54, 1.807) is 0 Å². The molecular formula is C13H16Cl3N5O. The molecule has 120 valence electrons. The summed E-state index contributed by atoms with van der Waals surface area (Å²) in [5, 5.41) is 9.29. The van der Waals surface area contributed by atoms with Gasteiger partial charge in [0.1, 0.15) is 0 Å². The second kappa shape index (κ2) is 5.22. The van der Waals surface area contributed by atoms with Gasteiger partial charge in [-0.3, -0.25) is 10.1 Å². The molecule has 0 saturated carbocycles. The highest BCUT2D eigenvalue weighted by atomic mass is 35.6. The average molecular weight is 365 g/mol. The number of aliphatic imine (C=N–C) groups is 1. The maximum Gasteiger partial charge on any atom is 0.278 e. The van der Waals surface area contributed by atoms with Gasteiger partial charge in [-0.15, -0.1) is 0 Å². The zero-order valence-electron chi connectivity index (χ0n) is 11.9. The molecule has 0 aromatic rings. The third-order valence-corrected chi connectivity index (χ3v) is 4.61. The van der Waals surface area contributed by atoms with E-state index in [1.807, 2.05) is 17.9 Å². The predicted molar refractivity (Wildman–Crippen MR) is 87.7 cm³/mol. The summed E-state index contributed by atoms with van der Waals surface area (Å²) in [5.74, 6) is 0.397. The standard InChI is InChI=1S/C13H16Cl3N5O/c1-3-8-9-12(20-7(2)17-9)5-4-6-21(12)11(18-8)19-10(22)13(14,15)16/h4-5,8-9,17,20H,2-3,6H2,1H3,(H,18,19,22)/t8-,9-,12+/m0/s1. The summed E-state index contributed by atoms with van der Waals surface area (Å²) in [5.41, 5.74) is -0.504. The van der Waals surface area contributed by atoms with Crippen molar-refractivity contribution in [3.63, 3.8) is 0 Å². The molecule has 0 radical (unpaired) electrons. The molecule has 3 aliphatic heterocycles. The third-order valence-electron chi connectivity index (χ3n) is 4.09. The van der Waals surface area contributed by atoms with Gasteiger partial charge < -0.3 is 15.5 Å². The molecule has 0 aliphatic carbocycles. The first kappa shape index (κ1) is 15.8. The molecule has 0 aromatic heterocycles. The number of halogens is 3. The Kier molecular flexibility index (Phi) is 3.74. The number of hydrogen-bond donors (Lipinski definition) is 3. The first-order chi connectivity index (χ1) is 10.3. The summed E-state index contributed by atoms with van der Waals surface area (Å²) in [4.78, 5) is 18.5. The normalized spacial score (nSPS) is 32.8. The SMILES string of the molecule is C=C1N[C@H]2[C@H](CC)N=C(NC(=O)C(Cl)(Cl)Cl)N3CC=C[C@]23N1. The minimum absolute atomic E-state index is 0.0252. The van der Waals surface area contributed by atoms with Crippen LogP contribution in [0.3, 0.4) is 0 Å². The number of alkyl halides is 3. The number of nitrogens with one attached hydrogen (secondary N) is 3. The van der Waals surface area contributed by atoms with Gasteiger partial charge in [-0.1, -0.05) is 54.4 Å². The average Bonchev–Trinajstić information content (AvgIpc) is 2.98. The summed E-state index contributed by atoms with van der Waals surface area (Å²) >= 11 is 16.9. The van der Waals surface area contributed by atoms with Gasteiger partial charge in [0, 0.05) is 6.54 Å². The molecule has 0 bridgehead atoms. The highest BCUT2D eigenvalue weighted by Gasteiger charge is 2.56. The van der Waals surface area contributed by atoms with Crippen molar-refractivity contribution in [3.8, 4) is 0 Å². The Bertz CT molecular complexity index is 585. The molecule has 3 aliphatic rings. The minimum atomic E-state index is -2.04. The minimum Gasteiger partial charge on any atom is -0.363 e. The molecule has 1 amide bonds. The number of amides is 1. The van der Waals surface area contributed by atoms with Crippen LogP contribution in [0.25, 0.3) is 0 Å². The molecule has 6 nitrogen and oxygen atoms in total. The van der Waals surface area contributed by atoms with E-state index < -0.39 is 15.4 Å². The lowest BCUT2D eigenvalue weighted by Crippen LogP contribution is -2.69. The lowest BCUT2D eigenvalue weighted by atomic mass is 9.91. The van der Waals surface area contributed by atoms with Crippen LogP contribution in [0.4, 0.5) is 0 Å². The highest BCUT2D eigenvalue weighted by Crippen LogP contribution is 2.36. The molecule has 1 fully saturated rings. The van der Waals surface area contributed by atoms with Gasteiger partial charge >= 0.3 is 0 Å². The number of guanidine groups is 1. The van der Waals surface area contributed by atoms with Crippen LogP contribution in [0.2, 0.25) is 0 Å². The van der Waals surface area contributed by atoms with Gasteiger partial charge in [-0.05, 0) is 12.5 Å². The van der Waals surface area contributed by atoms with Crippen molar-refractivity contribution in [1.82, 2.24) is 20.9 Å². The van der Waals surface area contributed by atoms with Crippen LogP contribution in [0.15, 0.2) is 29.5 Å². The molecule has 1 saturated heterocycles. The van der Waals surface area contributed by atoms with Crippen molar-refractivity contribution in [2.24, 2.45) is 4.99 Å². The summed E-state index contributed by atoms with van der Waals surface area (Å²) in [7, 11) is 0. The Hall–Kier alpha value is -1.11. The molecule has 3 rings (SSSR count). The predicted octanol–water partition coefficient (Wildman–Crippen LogP) is 1.22. The molecule has 1 spiro atoms. The Balaban J connectivity index is 1.95. The topological polar surface area (TPSA) is 68.8 Å². The fourth-order valence-corrected chi connectivity index (χ4v) is 3.31. The van der Waals surface area contributed by atoms with Crippen LogP contribution >= 0.6 is 34.8 Å². The van der Waals surface area contributed by atoms with E-state index in [4.69, 9.17) is 34.8 Å². The first-order valence-corrected chi connectivity index (χ1v) is 8.06. The zero-order chi connectivity index (χ0) is 16.1. The molecule has 22 heavy (non-hydrogen) atoms. The lowest BCUT2D eigenvalue weighted by Gasteiger charge is -2.45. The molecular weight excluding hydrogens is 349 g/mol. The van der Waals surface area contributed by atoms with E-state index in [1.165, 1.54) is 0 Å².